The van der Waals surface area contributed by atoms with Crippen molar-refractivity contribution in [3.8, 4) is 0 Å². The van der Waals surface area contributed by atoms with Crippen molar-refractivity contribution in [1.29, 1.82) is 0 Å². The van der Waals surface area contributed by atoms with Crippen LogP contribution >= 0.6 is 0 Å². The average molecular weight is 256 g/mol. The molecule has 2 aliphatic heterocycles. The number of hydrazine groups is 1. The van der Waals surface area contributed by atoms with E-state index >= 15 is 0 Å². The Morgan fingerprint density at radius 3 is 2.61 bits per heavy atom. The van der Waals surface area contributed by atoms with Gasteiger partial charge in [0.05, 0.1) is 0 Å². The Hall–Kier alpha value is -0.200. The zero-order valence-corrected chi connectivity index (χ0v) is 11.8. The maximum atomic E-state index is 5.86. The monoisotopic (exact) mass is 256 g/mol. The van der Waals surface area contributed by atoms with Crippen LogP contribution in [0.15, 0.2) is 0 Å². The van der Waals surface area contributed by atoms with Crippen LogP contribution in [0.5, 0.6) is 0 Å². The molecule has 2 atom stereocenters. The summed E-state index contributed by atoms with van der Waals surface area (Å²) >= 11 is 0. The Morgan fingerprint density at radius 2 is 1.94 bits per heavy atom. The molecule has 2 saturated heterocycles. The molecule has 0 spiro atoms. The lowest BCUT2D eigenvalue weighted by Crippen LogP contribution is -2.58. The van der Waals surface area contributed by atoms with Gasteiger partial charge in [-0.25, -0.2) is 0 Å². The molecule has 2 rings (SSSR count). The molecule has 2 aliphatic rings. The summed E-state index contributed by atoms with van der Waals surface area (Å²) in [6.45, 7) is 5.22. The molecule has 0 bridgehead atoms. The molecule has 0 radical (unpaired) electrons. The van der Waals surface area contributed by atoms with Gasteiger partial charge in [-0.05, 0) is 52.4 Å². The van der Waals surface area contributed by atoms with Gasteiger partial charge in [0.25, 0.3) is 0 Å². The van der Waals surface area contributed by atoms with Gasteiger partial charge in [0.1, 0.15) is 0 Å². The van der Waals surface area contributed by atoms with Crippen LogP contribution in [-0.4, -0.2) is 68.8 Å². The smallest absolute Gasteiger partial charge is 0.0469 e. The van der Waals surface area contributed by atoms with Gasteiger partial charge in [-0.3, -0.25) is 11.3 Å². The molecule has 3 N–H and O–H groups in total. The Bertz CT molecular complexity index is 245. The largest absolute Gasteiger partial charge is 0.381 e. The number of ether oxygens (including phenoxy) is 1. The van der Waals surface area contributed by atoms with E-state index in [-0.39, 0.29) is 0 Å². The molecule has 18 heavy (non-hydrogen) atoms. The molecular formula is C13H28N4O. The minimum absolute atomic E-state index is 0.374. The maximum Gasteiger partial charge on any atom is 0.0469 e. The predicted octanol–water partition coefficient (Wildman–Crippen LogP) is -0.119. The summed E-state index contributed by atoms with van der Waals surface area (Å²) in [5.74, 6) is 6.50. The third kappa shape index (κ3) is 3.42. The van der Waals surface area contributed by atoms with Gasteiger partial charge in [-0.15, -0.1) is 0 Å². The first-order valence-corrected chi connectivity index (χ1v) is 7.15. The van der Waals surface area contributed by atoms with E-state index in [2.05, 4.69) is 29.3 Å². The fourth-order valence-electron chi connectivity index (χ4n) is 3.33. The third-order valence-electron chi connectivity index (χ3n) is 4.50. The molecule has 0 aliphatic carbocycles. The Balaban J connectivity index is 2.03. The van der Waals surface area contributed by atoms with Crippen molar-refractivity contribution in [3.63, 3.8) is 0 Å². The fraction of sp³-hybridized carbons (Fsp3) is 1.00. The van der Waals surface area contributed by atoms with Crippen molar-refractivity contribution in [1.82, 2.24) is 15.2 Å². The van der Waals surface area contributed by atoms with Crippen LogP contribution in [0.25, 0.3) is 0 Å². The molecule has 2 fully saturated rings. The minimum atomic E-state index is 0.374. The summed E-state index contributed by atoms with van der Waals surface area (Å²) in [5, 5.41) is 0. The fourth-order valence-corrected chi connectivity index (χ4v) is 3.33. The van der Waals surface area contributed by atoms with E-state index in [9.17, 15) is 0 Å². The van der Waals surface area contributed by atoms with Gasteiger partial charge in [0.2, 0.25) is 0 Å². The van der Waals surface area contributed by atoms with E-state index in [0.717, 1.165) is 39.1 Å². The third-order valence-corrected chi connectivity index (χ3v) is 4.50. The van der Waals surface area contributed by atoms with Crippen molar-refractivity contribution in [2.45, 2.75) is 31.3 Å². The van der Waals surface area contributed by atoms with Gasteiger partial charge in [-0.2, -0.15) is 0 Å². The van der Waals surface area contributed by atoms with Gasteiger partial charge in [0, 0.05) is 31.8 Å². The van der Waals surface area contributed by atoms with Crippen LogP contribution < -0.4 is 11.3 Å². The van der Waals surface area contributed by atoms with Gasteiger partial charge in [-0.1, -0.05) is 0 Å². The summed E-state index contributed by atoms with van der Waals surface area (Å²) in [6, 6.07) is 0.880. The highest BCUT2D eigenvalue weighted by Gasteiger charge is 2.34. The number of nitrogens with one attached hydrogen (secondary N) is 1. The molecule has 5 nitrogen and oxygen atoms in total. The highest BCUT2D eigenvalue weighted by molar-refractivity contribution is 4.91. The Kier molecular flexibility index (Phi) is 5.38. The number of nitrogens with two attached hydrogens (primary N) is 1. The molecule has 0 aromatic heterocycles. The molecule has 0 amide bonds. The zero-order valence-electron chi connectivity index (χ0n) is 11.8. The molecule has 2 heterocycles. The number of rotatable bonds is 3. The van der Waals surface area contributed by atoms with Crippen molar-refractivity contribution in [3.05, 3.63) is 0 Å². The maximum absolute atomic E-state index is 5.86. The van der Waals surface area contributed by atoms with E-state index in [1.807, 2.05) is 0 Å². The van der Waals surface area contributed by atoms with Crippen molar-refractivity contribution < 1.29 is 4.74 Å². The first-order valence-electron chi connectivity index (χ1n) is 7.15. The molecule has 0 aromatic carbocycles. The quantitative estimate of drug-likeness (QED) is 0.545. The summed E-state index contributed by atoms with van der Waals surface area (Å²) in [5.41, 5.74) is 3.10. The van der Waals surface area contributed by atoms with E-state index in [1.165, 1.54) is 13.0 Å². The minimum Gasteiger partial charge on any atom is -0.381 e. The highest BCUT2D eigenvalue weighted by Crippen LogP contribution is 2.24. The molecule has 2 unspecified atom stereocenters. The van der Waals surface area contributed by atoms with Crippen LogP contribution in [0.2, 0.25) is 0 Å². The number of hydrogen-bond acceptors (Lipinski definition) is 5. The Morgan fingerprint density at radius 1 is 1.22 bits per heavy atom. The van der Waals surface area contributed by atoms with Crippen LogP contribution in [0.3, 0.4) is 0 Å². The number of likely N-dealkylation sites (N-methyl/N-ethyl adjacent to an activating group) is 2. The molecule has 0 saturated carbocycles. The molecule has 0 aromatic rings. The van der Waals surface area contributed by atoms with Crippen LogP contribution in [0.1, 0.15) is 19.3 Å². The zero-order chi connectivity index (χ0) is 13.0. The second-order valence-corrected chi connectivity index (χ2v) is 5.81. The summed E-state index contributed by atoms with van der Waals surface area (Å²) in [7, 11) is 4.44. The lowest BCUT2D eigenvalue weighted by atomic mass is 9.86. The van der Waals surface area contributed by atoms with E-state index in [1.54, 1.807) is 0 Å². The summed E-state index contributed by atoms with van der Waals surface area (Å²) in [6.07, 6.45) is 3.50. The van der Waals surface area contributed by atoms with E-state index in [0.29, 0.717) is 18.0 Å². The predicted molar refractivity (Wildman–Crippen MR) is 73.2 cm³/mol. The molecule has 106 valence electrons. The number of hydrogen-bond donors (Lipinski definition) is 2. The average Bonchev–Trinajstić information content (AvgIpc) is 2.54. The summed E-state index contributed by atoms with van der Waals surface area (Å²) in [4.78, 5) is 4.90. The SMILES string of the molecule is CN1CCCN(C)C(C(NN)C2CCOCC2)C1. The van der Waals surface area contributed by atoms with E-state index in [4.69, 9.17) is 10.6 Å². The normalized spacial score (nSPS) is 31.2. The van der Waals surface area contributed by atoms with Crippen LogP contribution in [0, 0.1) is 5.92 Å². The standard InChI is InChI=1S/C13H28N4O/c1-16-6-3-7-17(2)12(10-16)13(15-14)11-4-8-18-9-5-11/h11-13,15H,3-10,14H2,1-2H3. The van der Waals surface area contributed by atoms with Crippen LogP contribution in [0.4, 0.5) is 0 Å². The second-order valence-electron chi connectivity index (χ2n) is 5.81. The number of nitrogens with zero attached hydrogens (tertiary/aromatic N) is 2. The van der Waals surface area contributed by atoms with Crippen LogP contribution in [-0.2, 0) is 4.74 Å². The lowest BCUT2D eigenvalue weighted by molar-refractivity contribution is 0.0349. The second kappa shape index (κ2) is 6.82. The van der Waals surface area contributed by atoms with Crippen molar-refractivity contribution >= 4 is 0 Å². The van der Waals surface area contributed by atoms with Gasteiger partial charge >= 0.3 is 0 Å². The van der Waals surface area contributed by atoms with Gasteiger partial charge in [0.15, 0.2) is 0 Å². The topological polar surface area (TPSA) is 53.8 Å². The lowest BCUT2D eigenvalue weighted by Gasteiger charge is -2.39. The van der Waals surface area contributed by atoms with Crippen molar-refractivity contribution in [2.24, 2.45) is 11.8 Å². The van der Waals surface area contributed by atoms with E-state index < -0.39 is 0 Å². The van der Waals surface area contributed by atoms with Gasteiger partial charge < -0.3 is 14.5 Å². The summed E-state index contributed by atoms with van der Waals surface area (Å²) < 4.78 is 5.46. The van der Waals surface area contributed by atoms with Crippen molar-refractivity contribution in [2.75, 3.05) is 46.9 Å². The first-order chi connectivity index (χ1) is 8.72. The Labute approximate surface area is 111 Å². The highest BCUT2D eigenvalue weighted by atomic mass is 16.5. The molecule has 5 heteroatoms. The first kappa shape index (κ1) is 14.2. The molecular weight excluding hydrogens is 228 g/mol.